The highest BCUT2D eigenvalue weighted by atomic mass is 16.5. The molecule has 1 fully saturated rings. The number of hydrogen-bond donors (Lipinski definition) is 2. The number of likely N-dealkylation sites (tertiary alicyclic amines) is 1. The molecule has 0 unspecified atom stereocenters. The quantitative estimate of drug-likeness (QED) is 0.507. The van der Waals surface area contributed by atoms with Crippen LogP contribution in [0.2, 0.25) is 0 Å². The van der Waals surface area contributed by atoms with Gasteiger partial charge in [-0.15, -0.1) is 0 Å². The van der Waals surface area contributed by atoms with Crippen LogP contribution in [0, 0.1) is 0 Å². The molecule has 1 aliphatic heterocycles. The van der Waals surface area contributed by atoms with Crippen LogP contribution in [-0.2, 0) is 11.2 Å². The Morgan fingerprint density at radius 2 is 1.97 bits per heavy atom. The van der Waals surface area contributed by atoms with E-state index in [-0.39, 0.29) is 11.8 Å². The van der Waals surface area contributed by atoms with Crippen LogP contribution in [-0.4, -0.2) is 49.1 Å². The van der Waals surface area contributed by atoms with Crippen LogP contribution in [0.25, 0.3) is 10.9 Å². The summed E-state index contributed by atoms with van der Waals surface area (Å²) in [4.78, 5) is 18.9. The van der Waals surface area contributed by atoms with Gasteiger partial charge in [0.2, 0.25) is 5.91 Å². The number of H-pyrrole nitrogens is 1. The van der Waals surface area contributed by atoms with E-state index in [0.717, 1.165) is 42.9 Å². The molecule has 32 heavy (non-hydrogen) atoms. The van der Waals surface area contributed by atoms with Crippen molar-refractivity contribution in [2.45, 2.75) is 44.9 Å². The first-order valence-electron chi connectivity index (χ1n) is 11.9. The van der Waals surface area contributed by atoms with Crippen LogP contribution in [0.15, 0.2) is 48.7 Å². The average molecular weight is 434 g/mol. The first-order valence-corrected chi connectivity index (χ1v) is 11.9. The fourth-order valence-electron chi connectivity index (χ4n) is 4.88. The summed E-state index contributed by atoms with van der Waals surface area (Å²) in [5, 5.41) is 4.36. The van der Waals surface area contributed by atoms with Crippen LogP contribution in [0.3, 0.4) is 0 Å². The summed E-state index contributed by atoms with van der Waals surface area (Å²) < 4.78 is 5.47. The zero-order valence-electron chi connectivity index (χ0n) is 19.3. The third kappa shape index (κ3) is 5.16. The summed E-state index contributed by atoms with van der Waals surface area (Å²) in [6, 6.07) is 14.5. The molecule has 170 valence electrons. The van der Waals surface area contributed by atoms with E-state index in [9.17, 15) is 4.79 Å². The van der Waals surface area contributed by atoms with E-state index in [4.69, 9.17) is 4.74 Å². The molecule has 0 aliphatic carbocycles. The van der Waals surface area contributed by atoms with Gasteiger partial charge in [0.15, 0.2) is 0 Å². The smallest absolute Gasteiger partial charge is 0.220 e. The molecule has 5 heteroatoms. The molecular formula is C27H35N3O2. The number of hydrogen-bond acceptors (Lipinski definition) is 3. The molecule has 1 aromatic heterocycles. The number of carbonyl (C=O) groups is 1. The summed E-state index contributed by atoms with van der Waals surface area (Å²) in [6.07, 6.45) is 7.33. The Hall–Kier alpha value is -2.79. The number of amides is 1. The van der Waals surface area contributed by atoms with Gasteiger partial charge in [0.05, 0.1) is 7.11 Å². The highest BCUT2D eigenvalue weighted by Crippen LogP contribution is 2.35. The molecule has 3 aromatic rings. The molecule has 1 amide bonds. The third-order valence-corrected chi connectivity index (χ3v) is 6.67. The summed E-state index contributed by atoms with van der Waals surface area (Å²) in [7, 11) is 1.68. The first kappa shape index (κ1) is 22.4. The van der Waals surface area contributed by atoms with Gasteiger partial charge in [0, 0.05) is 42.5 Å². The minimum Gasteiger partial charge on any atom is -0.497 e. The van der Waals surface area contributed by atoms with Gasteiger partial charge < -0.3 is 19.9 Å². The van der Waals surface area contributed by atoms with Crippen molar-refractivity contribution in [3.05, 3.63) is 65.4 Å². The number of aryl methyl sites for hydroxylation is 1. The molecule has 5 nitrogen and oxygen atoms in total. The summed E-state index contributed by atoms with van der Waals surface area (Å²) in [5.41, 5.74) is 4.72. The van der Waals surface area contributed by atoms with Crippen LogP contribution < -0.4 is 10.1 Å². The van der Waals surface area contributed by atoms with E-state index >= 15 is 0 Å². The van der Waals surface area contributed by atoms with Gasteiger partial charge in [-0.25, -0.2) is 0 Å². The lowest BCUT2D eigenvalue weighted by Gasteiger charge is -2.26. The maximum atomic E-state index is 13.0. The zero-order chi connectivity index (χ0) is 22.3. The van der Waals surface area contributed by atoms with E-state index < -0.39 is 0 Å². The Labute approximate surface area is 191 Å². The lowest BCUT2D eigenvalue weighted by Crippen LogP contribution is -2.38. The second-order valence-electron chi connectivity index (χ2n) is 8.72. The number of aromatic amines is 1. The highest BCUT2D eigenvalue weighted by Gasteiger charge is 2.22. The number of nitrogens with zero attached hydrogens (tertiary/aromatic N) is 1. The second kappa shape index (κ2) is 10.7. The van der Waals surface area contributed by atoms with Crippen molar-refractivity contribution in [3.63, 3.8) is 0 Å². The largest absolute Gasteiger partial charge is 0.497 e. The van der Waals surface area contributed by atoms with Crippen molar-refractivity contribution in [2.75, 3.05) is 33.3 Å². The number of rotatable bonds is 9. The first-order chi connectivity index (χ1) is 15.7. The van der Waals surface area contributed by atoms with Crippen LogP contribution in [0.4, 0.5) is 0 Å². The molecule has 1 aliphatic rings. The molecule has 0 spiro atoms. The Morgan fingerprint density at radius 1 is 1.16 bits per heavy atom. The zero-order valence-corrected chi connectivity index (χ0v) is 19.3. The van der Waals surface area contributed by atoms with Gasteiger partial charge in [-0.05, 0) is 61.2 Å². The maximum absolute atomic E-state index is 13.0. The lowest BCUT2D eigenvalue weighted by molar-refractivity contribution is -0.121. The number of fused-ring (bicyclic) bond motifs is 1. The standard InChI is InChI=1S/C27H35N3O2/c1-3-20-9-8-12-23-25(19-29-27(20)23)24(21-10-7-11-22(17-21)32-2)18-26(31)28-13-16-30-14-5-4-6-15-30/h7-12,17,19,24,29H,3-6,13-16,18H2,1-2H3,(H,28,31)/t24-/m0/s1. The van der Waals surface area contributed by atoms with Gasteiger partial charge in [0.1, 0.15) is 5.75 Å². The van der Waals surface area contributed by atoms with Gasteiger partial charge in [0.25, 0.3) is 0 Å². The lowest BCUT2D eigenvalue weighted by atomic mass is 9.87. The molecule has 2 N–H and O–H groups in total. The van der Waals surface area contributed by atoms with Gasteiger partial charge >= 0.3 is 0 Å². The molecule has 1 saturated heterocycles. The number of methoxy groups -OCH3 is 1. The number of para-hydroxylation sites is 1. The highest BCUT2D eigenvalue weighted by molar-refractivity contribution is 5.88. The van der Waals surface area contributed by atoms with E-state index in [2.05, 4.69) is 52.6 Å². The van der Waals surface area contributed by atoms with Crippen molar-refractivity contribution >= 4 is 16.8 Å². The predicted octanol–water partition coefficient (Wildman–Crippen LogP) is 4.86. The third-order valence-electron chi connectivity index (χ3n) is 6.67. The van der Waals surface area contributed by atoms with E-state index in [1.54, 1.807) is 7.11 Å². The molecule has 2 aromatic carbocycles. The number of benzene rings is 2. The molecule has 2 heterocycles. The van der Waals surface area contributed by atoms with E-state index in [0.29, 0.717) is 13.0 Å². The normalized spacial score (nSPS) is 15.6. The van der Waals surface area contributed by atoms with Crippen LogP contribution in [0.1, 0.15) is 55.2 Å². The number of nitrogens with one attached hydrogen (secondary N) is 2. The number of carbonyl (C=O) groups excluding carboxylic acids is 1. The van der Waals surface area contributed by atoms with E-state index in [1.165, 1.54) is 35.7 Å². The minimum absolute atomic E-state index is 0.0408. The molecule has 1 atom stereocenters. The fraction of sp³-hybridized carbons (Fsp3) is 0.444. The Kier molecular flexibility index (Phi) is 7.48. The number of ether oxygens (including phenoxy) is 1. The second-order valence-corrected chi connectivity index (χ2v) is 8.72. The minimum atomic E-state index is -0.0408. The van der Waals surface area contributed by atoms with Crippen LogP contribution in [0.5, 0.6) is 5.75 Å². The monoisotopic (exact) mass is 433 g/mol. The maximum Gasteiger partial charge on any atom is 0.220 e. The van der Waals surface area contributed by atoms with Gasteiger partial charge in [-0.2, -0.15) is 0 Å². The van der Waals surface area contributed by atoms with Gasteiger partial charge in [-0.1, -0.05) is 43.7 Å². The number of aromatic nitrogens is 1. The van der Waals surface area contributed by atoms with Crippen molar-refractivity contribution in [1.82, 2.24) is 15.2 Å². The molecule has 0 saturated carbocycles. The molecular weight excluding hydrogens is 398 g/mol. The van der Waals surface area contributed by atoms with Crippen molar-refractivity contribution in [1.29, 1.82) is 0 Å². The SMILES string of the molecule is CCc1cccc2c([C@@H](CC(=O)NCCN3CCCCC3)c3cccc(OC)c3)c[nH]c12. The summed E-state index contributed by atoms with van der Waals surface area (Å²) >= 11 is 0. The summed E-state index contributed by atoms with van der Waals surface area (Å²) in [5.74, 6) is 0.865. The van der Waals surface area contributed by atoms with Crippen molar-refractivity contribution in [3.8, 4) is 5.75 Å². The van der Waals surface area contributed by atoms with Crippen molar-refractivity contribution in [2.24, 2.45) is 0 Å². The van der Waals surface area contributed by atoms with E-state index in [1.807, 2.05) is 18.2 Å². The Morgan fingerprint density at radius 3 is 2.75 bits per heavy atom. The van der Waals surface area contributed by atoms with Gasteiger partial charge in [-0.3, -0.25) is 4.79 Å². The Balaban J connectivity index is 1.55. The average Bonchev–Trinajstić information content (AvgIpc) is 3.27. The fourth-order valence-corrected chi connectivity index (χ4v) is 4.88. The predicted molar refractivity (Wildman–Crippen MR) is 130 cm³/mol. The molecule has 0 bridgehead atoms. The van der Waals surface area contributed by atoms with Crippen molar-refractivity contribution < 1.29 is 9.53 Å². The van der Waals surface area contributed by atoms with Crippen LogP contribution >= 0.6 is 0 Å². The summed E-state index contributed by atoms with van der Waals surface area (Å²) in [6.45, 7) is 6.11. The molecule has 4 rings (SSSR count). The molecule has 0 radical (unpaired) electrons. The number of piperidine rings is 1. The Bertz CT molecular complexity index is 1040. The topological polar surface area (TPSA) is 57.4 Å².